The van der Waals surface area contributed by atoms with Crippen LogP contribution in [-0.2, 0) is 11.0 Å². The molecule has 2 aromatic rings. The van der Waals surface area contributed by atoms with Gasteiger partial charge in [-0.05, 0) is 28.7 Å². The molecule has 0 saturated heterocycles. The highest BCUT2D eigenvalue weighted by Crippen LogP contribution is 2.42. The van der Waals surface area contributed by atoms with Crippen LogP contribution in [0.25, 0.3) is 10.8 Å². The second-order valence-electron chi connectivity index (χ2n) is 6.53. The topological polar surface area (TPSA) is 20.2 Å². The van der Waals surface area contributed by atoms with Crippen molar-refractivity contribution < 1.29 is 18.3 Å². The van der Waals surface area contributed by atoms with E-state index in [-0.39, 0.29) is 11.0 Å². The van der Waals surface area contributed by atoms with Crippen molar-refractivity contribution in [2.24, 2.45) is 0 Å². The molecule has 0 aliphatic heterocycles. The molecule has 0 heterocycles. The average molecular weight is 296 g/mol. The number of benzene rings is 2. The van der Waals surface area contributed by atoms with Crippen molar-refractivity contribution in [2.45, 2.75) is 44.9 Å². The molecule has 4 heteroatoms. The molecule has 0 aliphatic carbocycles. The Kier molecular flexibility index (Phi) is 3.57. The van der Waals surface area contributed by atoms with Crippen LogP contribution in [0, 0.1) is 0 Å². The summed E-state index contributed by atoms with van der Waals surface area (Å²) < 4.78 is 39.4. The maximum atomic E-state index is 13.1. The van der Waals surface area contributed by atoms with Crippen LogP contribution >= 0.6 is 0 Å². The first-order chi connectivity index (χ1) is 9.46. The van der Waals surface area contributed by atoms with Crippen LogP contribution in [0.4, 0.5) is 13.2 Å². The van der Waals surface area contributed by atoms with Crippen molar-refractivity contribution in [3.63, 3.8) is 0 Å². The van der Waals surface area contributed by atoms with E-state index in [1.807, 2.05) is 26.8 Å². The Balaban J connectivity index is 2.81. The second kappa shape index (κ2) is 4.73. The molecule has 1 N–H and O–H groups in total. The quantitative estimate of drug-likeness (QED) is 0.793. The van der Waals surface area contributed by atoms with Crippen LogP contribution in [0.15, 0.2) is 36.4 Å². The summed E-state index contributed by atoms with van der Waals surface area (Å²) in [7, 11) is 0. The number of hydrogen-bond donors (Lipinski definition) is 1. The van der Waals surface area contributed by atoms with Crippen LogP contribution in [0.2, 0.25) is 0 Å². The van der Waals surface area contributed by atoms with Crippen LogP contribution in [0.3, 0.4) is 0 Å². The lowest BCUT2D eigenvalue weighted by molar-refractivity contribution is -0.258. The number of fused-ring (bicyclic) bond motifs is 1. The lowest BCUT2D eigenvalue weighted by atomic mass is 9.81. The Hall–Kier alpha value is -1.55. The van der Waals surface area contributed by atoms with Crippen LogP contribution in [0.1, 0.15) is 38.8 Å². The molecule has 0 amide bonds. The summed E-state index contributed by atoms with van der Waals surface area (Å²) in [6.07, 6.45) is -4.72. The zero-order chi connectivity index (χ0) is 16.1. The number of hydrogen-bond acceptors (Lipinski definition) is 1. The Morgan fingerprint density at radius 3 is 1.62 bits per heavy atom. The molecule has 0 fully saturated rings. The van der Waals surface area contributed by atoms with Gasteiger partial charge in [-0.2, -0.15) is 13.2 Å². The molecular formula is C17H19F3O. The molecule has 114 valence electrons. The van der Waals surface area contributed by atoms with E-state index in [2.05, 4.69) is 0 Å². The lowest BCUT2D eigenvalue weighted by Gasteiger charge is -2.29. The van der Waals surface area contributed by atoms with Gasteiger partial charge < -0.3 is 5.11 Å². The minimum Gasteiger partial charge on any atom is -0.376 e. The number of rotatable bonds is 1. The molecule has 1 atom stereocenters. The Bertz CT molecular complexity index is 664. The zero-order valence-electron chi connectivity index (χ0n) is 12.5. The first kappa shape index (κ1) is 15.8. The maximum absolute atomic E-state index is 13.1. The predicted octanol–water partition coefficient (Wildman–Crippen LogP) is 4.91. The second-order valence-corrected chi connectivity index (χ2v) is 6.53. The van der Waals surface area contributed by atoms with E-state index in [9.17, 15) is 18.3 Å². The minimum absolute atomic E-state index is 0.112. The average Bonchev–Trinajstić information content (AvgIpc) is 2.34. The third kappa shape index (κ3) is 2.64. The van der Waals surface area contributed by atoms with Gasteiger partial charge in [0.1, 0.15) is 0 Å². The molecule has 0 aliphatic rings. The molecule has 1 nitrogen and oxygen atoms in total. The standard InChI is InChI=1S/C17H19F3O/c1-15(2,3)13-9-5-8-12-11(13)7-6-10-14(12)16(4,21)17(18,19)20/h5-10,21H,1-4H3. The monoisotopic (exact) mass is 296 g/mol. The van der Waals surface area contributed by atoms with Gasteiger partial charge >= 0.3 is 6.18 Å². The lowest BCUT2D eigenvalue weighted by Crippen LogP contribution is -2.39. The fourth-order valence-electron chi connectivity index (χ4n) is 2.54. The van der Waals surface area contributed by atoms with Crippen LogP contribution in [0.5, 0.6) is 0 Å². The maximum Gasteiger partial charge on any atom is 0.421 e. The van der Waals surface area contributed by atoms with Crippen molar-refractivity contribution in [3.8, 4) is 0 Å². The number of aliphatic hydroxyl groups is 1. The SMILES string of the molecule is CC(C)(C)c1cccc2c(C(C)(O)C(F)(F)F)cccc12. The summed E-state index contributed by atoms with van der Waals surface area (Å²) in [5, 5.41) is 11.2. The van der Waals surface area contributed by atoms with Crippen LogP contribution in [-0.4, -0.2) is 11.3 Å². The Morgan fingerprint density at radius 1 is 0.762 bits per heavy atom. The van der Waals surface area contributed by atoms with E-state index in [4.69, 9.17) is 0 Å². The first-order valence-electron chi connectivity index (χ1n) is 6.78. The molecule has 0 radical (unpaired) electrons. The van der Waals surface area contributed by atoms with Gasteiger partial charge in [0.2, 0.25) is 0 Å². The van der Waals surface area contributed by atoms with Gasteiger partial charge in [0.05, 0.1) is 0 Å². The van der Waals surface area contributed by atoms with E-state index in [0.29, 0.717) is 5.39 Å². The summed E-state index contributed by atoms with van der Waals surface area (Å²) in [6.45, 7) is 6.83. The third-order valence-electron chi connectivity index (χ3n) is 3.81. The highest BCUT2D eigenvalue weighted by molar-refractivity contribution is 5.90. The summed E-state index contributed by atoms with van der Waals surface area (Å²) in [5.41, 5.74) is -2.22. The predicted molar refractivity (Wildman–Crippen MR) is 78.3 cm³/mol. The zero-order valence-corrected chi connectivity index (χ0v) is 12.5. The Morgan fingerprint density at radius 2 is 1.19 bits per heavy atom. The van der Waals surface area contributed by atoms with Crippen molar-refractivity contribution in [2.75, 3.05) is 0 Å². The summed E-state index contributed by atoms with van der Waals surface area (Å²) >= 11 is 0. The molecule has 2 aromatic carbocycles. The van der Waals surface area contributed by atoms with Gasteiger partial charge in [-0.1, -0.05) is 57.2 Å². The van der Waals surface area contributed by atoms with Crippen molar-refractivity contribution in [3.05, 3.63) is 47.5 Å². The smallest absolute Gasteiger partial charge is 0.376 e. The minimum atomic E-state index is -4.72. The van der Waals surface area contributed by atoms with E-state index in [0.717, 1.165) is 17.9 Å². The Labute approximate surface area is 122 Å². The molecule has 0 bridgehead atoms. The normalized spacial score (nSPS) is 16.0. The van der Waals surface area contributed by atoms with Gasteiger partial charge in [-0.3, -0.25) is 0 Å². The van der Waals surface area contributed by atoms with Gasteiger partial charge in [0.25, 0.3) is 0 Å². The van der Waals surface area contributed by atoms with Crippen molar-refractivity contribution in [1.82, 2.24) is 0 Å². The third-order valence-corrected chi connectivity index (χ3v) is 3.81. The number of halogens is 3. The molecule has 21 heavy (non-hydrogen) atoms. The number of alkyl halides is 3. The van der Waals surface area contributed by atoms with Gasteiger partial charge in [0, 0.05) is 5.56 Å². The molecular weight excluding hydrogens is 277 g/mol. The summed E-state index contributed by atoms with van der Waals surface area (Å²) in [4.78, 5) is 0. The van der Waals surface area contributed by atoms with Gasteiger partial charge in [-0.15, -0.1) is 0 Å². The molecule has 1 unspecified atom stereocenters. The molecule has 0 spiro atoms. The fraction of sp³-hybridized carbons (Fsp3) is 0.412. The van der Waals surface area contributed by atoms with E-state index < -0.39 is 11.8 Å². The van der Waals surface area contributed by atoms with Gasteiger partial charge in [0.15, 0.2) is 5.60 Å². The summed E-state index contributed by atoms with van der Waals surface area (Å²) in [6, 6.07) is 9.97. The highest BCUT2D eigenvalue weighted by atomic mass is 19.4. The highest BCUT2D eigenvalue weighted by Gasteiger charge is 2.51. The van der Waals surface area contributed by atoms with Crippen molar-refractivity contribution in [1.29, 1.82) is 0 Å². The molecule has 0 aromatic heterocycles. The summed E-state index contributed by atoms with van der Waals surface area (Å²) in [5.74, 6) is 0. The molecule has 2 rings (SSSR count). The van der Waals surface area contributed by atoms with Crippen LogP contribution < -0.4 is 0 Å². The van der Waals surface area contributed by atoms with E-state index in [1.165, 1.54) is 6.07 Å². The largest absolute Gasteiger partial charge is 0.421 e. The van der Waals surface area contributed by atoms with Gasteiger partial charge in [-0.25, -0.2) is 0 Å². The molecule has 0 saturated carbocycles. The van der Waals surface area contributed by atoms with Crippen molar-refractivity contribution >= 4 is 10.8 Å². The van der Waals surface area contributed by atoms with E-state index >= 15 is 0 Å². The first-order valence-corrected chi connectivity index (χ1v) is 6.78. The van der Waals surface area contributed by atoms with E-state index in [1.54, 1.807) is 24.3 Å². The fourth-order valence-corrected chi connectivity index (χ4v) is 2.54.